The van der Waals surface area contributed by atoms with Crippen molar-refractivity contribution >= 4 is 22.1 Å². The number of carbonyl (C=O) groups excluding carboxylic acids is 1. The summed E-state index contributed by atoms with van der Waals surface area (Å²) < 4.78 is 34.7. The van der Waals surface area contributed by atoms with Gasteiger partial charge in [-0.05, 0) is 12.8 Å². The van der Waals surface area contributed by atoms with Crippen LogP contribution in [-0.2, 0) is 19.5 Å². The molecule has 11 heteroatoms. The number of carbonyl (C=O) groups is 1. The van der Waals surface area contributed by atoms with Crippen LogP contribution in [0, 0.1) is 0 Å². The molecule has 0 saturated carbocycles. The number of oxime groups is 1. The molecule has 0 aromatic rings. The first kappa shape index (κ1) is 14.5. The van der Waals surface area contributed by atoms with Crippen LogP contribution in [0.1, 0.15) is 19.3 Å². The number of rotatable bonds is 4. The van der Waals surface area contributed by atoms with E-state index in [1.807, 2.05) is 0 Å². The smallest absolute Gasteiger partial charge is 0.391 e. The third-order valence-corrected chi connectivity index (χ3v) is 4.25. The number of hydroxylamine groups is 2. The van der Waals surface area contributed by atoms with Crippen molar-refractivity contribution in [3.63, 3.8) is 0 Å². The van der Waals surface area contributed by atoms with E-state index >= 15 is 0 Å². The van der Waals surface area contributed by atoms with Crippen LogP contribution in [0.2, 0.25) is 0 Å². The molecule has 2 bridgehead atoms. The molecule has 3 heterocycles. The van der Waals surface area contributed by atoms with Gasteiger partial charge in [0, 0.05) is 19.5 Å². The summed E-state index contributed by atoms with van der Waals surface area (Å²) in [7, 11) is -4.72. The summed E-state index contributed by atoms with van der Waals surface area (Å²) >= 11 is 0. The summed E-state index contributed by atoms with van der Waals surface area (Å²) in [5.74, 6) is 0. The molecule has 0 aromatic carbocycles. The maximum absolute atomic E-state index is 12.2. The third kappa shape index (κ3) is 2.69. The number of nitrogens with zero attached hydrogens (tertiary/aromatic N) is 3. The van der Waals surface area contributed by atoms with E-state index in [-0.39, 0.29) is 12.1 Å². The number of fused-ring (bicyclic) bond motifs is 2. The number of hydrogen-bond acceptors (Lipinski definition) is 7. The Labute approximate surface area is 121 Å². The molecule has 3 N–H and O–H groups in total. The van der Waals surface area contributed by atoms with Crippen molar-refractivity contribution in [3.8, 4) is 0 Å². The first-order valence-electron chi connectivity index (χ1n) is 6.58. The van der Waals surface area contributed by atoms with Crippen LogP contribution in [0.25, 0.3) is 0 Å². The van der Waals surface area contributed by atoms with Gasteiger partial charge in [0.15, 0.2) is 0 Å². The highest BCUT2D eigenvalue weighted by Crippen LogP contribution is 2.33. The molecule has 0 aromatic heterocycles. The Kier molecular flexibility index (Phi) is 3.51. The van der Waals surface area contributed by atoms with Crippen molar-refractivity contribution in [1.29, 1.82) is 0 Å². The van der Waals surface area contributed by atoms with Gasteiger partial charge in [-0.15, -0.1) is 4.28 Å². The molecule has 1 unspecified atom stereocenters. The monoisotopic (exact) mass is 320 g/mol. The maximum atomic E-state index is 12.2. The Morgan fingerprint density at radius 3 is 2.86 bits per heavy atom. The molecule has 3 aliphatic heterocycles. The Morgan fingerprint density at radius 1 is 1.48 bits per heavy atom. The zero-order chi connectivity index (χ0) is 15.2. The lowest BCUT2D eigenvalue weighted by atomic mass is 9.94. The van der Waals surface area contributed by atoms with Crippen molar-refractivity contribution in [1.82, 2.24) is 9.96 Å². The molecule has 3 rings (SSSR count). The van der Waals surface area contributed by atoms with E-state index in [2.05, 4.69) is 9.44 Å². The Hall–Kier alpha value is -1.43. The van der Waals surface area contributed by atoms with Crippen molar-refractivity contribution in [3.05, 3.63) is 0 Å². The lowest BCUT2D eigenvalue weighted by Crippen LogP contribution is -2.45. The minimum absolute atomic E-state index is 0.180. The van der Waals surface area contributed by atoms with Gasteiger partial charge in [0.2, 0.25) is 0 Å². The van der Waals surface area contributed by atoms with Gasteiger partial charge in [-0.25, -0.2) is 4.79 Å². The Morgan fingerprint density at radius 2 is 2.24 bits per heavy atom. The second-order valence-corrected chi connectivity index (χ2v) is 6.26. The molecule has 2 saturated heterocycles. The molecule has 0 spiro atoms. The van der Waals surface area contributed by atoms with Gasteiger partial charge in [0.05, 0.1) is 17.8 Å². The van der Waals surface area contributed by atoms with Gasteiger partial charge < -0.3 is 15.5 Å². The zero-order valence-electron chi connectivity index (χ0n) is 11.1. The first-order valence-corrected chi connectivity index (χ1v) is 7.95. The van der Waals surface area contributed by atoms with Gasteiger partial charge in [-0.1, -0.05) is 5.16 Å². The highest BCUT2D eigenvalue weighted by molar-refractivity contribution is 7.80. The molecule has 118 valence electrons. The van der Waals surface area contributed by atoms with Gasteiger partial charge in [-0.2, -0.15) is 13.5 Å². The fourth-order valence-corrected chi connectivity index (χ4v) is 3.34. The van der Waals surface area contributed by atoms with Crippen LogP contribution in [0.15, 0.2) is 5.16 Å². The number of amides is 2. The van der Waals surface area contributed by atoms with E-state index in [9.17, 15) is 13.2 Å². The molecule has 2 fully saturated rings. The highest BCUT2D eigenvalue weighted by Gasteiger charge is 2.49. The van der Waals surface area contributed by atoms with Crippen LogP contribution >= 0.6 is 0 Å². The van der Waals surface area contributed by atoms with Crippen LogP contribution in [-0.4, -0.2) is 66.0 Å². The number of urea groups is 1. The molecular weight excluding hydrogens is 304 g/mol. The van der Waals surface area contributed by atoms with Crippen molar-refractivity contribution in [2.45, 2.75) is 37.5 Å². The maximum Gasteiger partial charge on any atom is 0.418 e. The average molecular weight is 320 g/mol. The largest absolute Gasteiger partial charge is 0.418 e. The predicted molar refractivity (Wildman–Crippen MR) is 69.4 cm³/mol. The summed E-state index contributed by atoms with van der Waals surface area (Å²) in [5, 5.41) is 4.69. The summed E-state index contributed by atoms with van der Waals surface area (Å²) in [6.45, 7) is 0.666. The fourth-order valence-electron chi connectivity index (χ4n) is 2.95. The normalized spacial score (nSPS) is 32.4. The molecule has 10 nitrogen and oxygen atoms in total. The average Bonchev–Trinajstić information content (AvgIpc) is 2.98. The van der Waals surface area contributed by atoms with E-state index in [0.29, 0.717) is 37.4 Å². The molecule has 0 radical (unpaired) electrons. The van der Waals surface area contributed by atoms with Crippen LogP contribution in [0.4, 0.5) is 4.79 Å². The molecular formula is C10H16N4O6S. The van der Waals surface area contributed by atoms with Crippen LogP contribution in [0.3, 0.4) is 0 Å². The molecule has 3 atom stereocenters. The lowest BCUT2D eigenvalue weighted by molar-refractivity contribution is -0.0316. The Bertz CT molecular complexity index is 578. The van der Waals surface area contributed by atoms with E-state index in [0.717, 1.165) is 5.71 Å². The minimum atomic E-state index is -4.72. The number of piperidine rings is 1. The van der Waals surface area contributed by atoms with E-state index < -0.39 is 22.5 Å². The first-order chi connectivity index (χ1) is 9.89. The van der Waals surface area contributed by atoms with Crippen LogP contribution < -0.4 is 5.73 Å². The van der Waals surface area contributed by atoms with E-state index in [4.69, 9.17) is 15.1 Å². The second kappa shape index (κ2) is 5.09. The molecule has 21 heavy (non-hydrogen) atoms. The topological polar surface area (TPSA) is 135 Å². The predicted octanol–water partition coefficient (Wildman–Crippen LogP) is -0.907. The summed E-state index contributed by atoms with van der Waals surface area (Å²) in [6, 6.07) is -1.25. The highest BCUT2D eigenvalue weighted by atomic mass is 32.3. The summed E-state index contributed by atoms with van der Waals surface area (Å²) in [5.41, 5.74) is 6.25. The summed E-state index contributed by atoms with van der Waals surface area (Å²) in [6.07, 6.45) is 1.55. The van der Waals surface area contributed by atoms with Gasteiger partial charge in [-0.3, -0.25) is 4.55 Å². The van der Waals surface area contributed by atoms with Crippen molar-refractivity contribution in [2.24, 2.45) is 10.9 Å². The fraction of sp³-hybridized carbons (Fsp3) is 0.800. The van der Waals surface area contributed by atoms with E-state index in [1.165, 1.54) is 4.90 Å². The quantitative estimate of drug-likeness (QED) is 0.640. The standard InChI is InChI=1S/C10H16N4O6S/c11-4-7-3-8(12-19-7)9-2-1-6-5-13(9)10(15)14(6)20-21(16,17)18/h6-7,9H,1-5,11H2,(H,16,17,18)/t6-,7?,9+/m1/s1. The molecule has 2 amide bonds. The van der Waals surface area contributed by atoms with Crippen LogP contribution in [0.5, 0.6) is 0 Å². The summed E-state index contributed by atoms with van der Waals surface area (Å²) in [4.78, 5) is 18.9. The number of nitrogens with two attached hydrogens (primary N) is 1. The van der Waals surface area contributed by atoms with Gasteiger partial charge >= 0.3 is 16.4 Å². The minimum Gasteiger partial charge on any atom is -0.391 e. The van der Waals surface area contributed by atoms with E-state index in [1.54, 1.807) is 0 Å². The SMILES string of the molecule is NCC1CC([C@@H]2CC[C@@H]3CN2C(=O)N3OS(=O)(=O)O)=NO1. The number of hydrogen-bond donors (Lipinski definition) is 2. The third-order valence-electron chi connectivity index (χ3n) is 3.90. The molecule has 0 aliphatic carbocycles. The Balaban J connectivity index is 1.74. The zero-order valence-corrected chi connectivity index (χ0v) is 11.9. The molecule has 3 aliphatic rings. The van der Waals surface area contributed by atoms with Gasteiger partial charge in [0.1, 0.15) is 6.10 Å². The second-order valence-electron chi connectivity index (χ2n) is 5.26. The lowest BCUT2D eigenvalue weighted by Gasteiger charge is -2.29. The van der Waals surface area contributed by atoms with Crippen molar-refractivity contribution < 1.29 is 26.9 Å². The van der Waals surface area contributed by atoms with Crippen molar-refractivity contribution in [2.75, 3.05) is 13.1 Å². The van der Waals surface area contributed by atoms with Gasteiger partial charge in [0.25, 0.3) is 0 Å².